The van der Waals surface area contributed by atoms with E-state index in [9.17, 15) is 4.79 Å². The summed E-state index contributed by atoms with van der Waals surface area (Å²) in [5.41, 5.74) is 0.925. The fourth-order valence-corrected chi connectivity index (χ4v) is 4.37. The van der Waals surface area contributed by atoms with Crippen molar-refractivity contribution in [1.29, 1.82) is 0 Å². The Kier molecular flexibility index (Phi) is 5.25. The summed E-state index contributed by atoms with van der Waals surface area (Å²) in [6, 6.07) is 5.45. The molecule has 1 nitrogen and oxygen atoms in total. The maximum atomic E-state index is 12.5. The lowest BCUT2D eigenvalue weighted by Gasteiger charge is -2.38. The summed E-state index contributed by atoms with van der Waals surface area (Å²) in [6.07, 6.45) is 12.4. The van der Waals surface area contributed by atoms with Gasteiger partial charge in [-0.2, -0.15) is 0 Å². The molecule has 22 heavy (non-hydrogen) atoms. The van der Waals surface area contributed by atoms with E-state index in [0.717, 1.165) is 30.2 Å². The van der Waals surface area contributed by atoms with Crippen LogP contribution < -0.4 is 0 Å². The van der Waals surface area contributed by atoms with Crippen LogP contribution in [0.15, 0.2) is 24.3 Å². The number of hydrogen-bond acceptors (Lipinski definition) is 1. The smallest absolute Gasteiger partial charge is 0.158 e. The highest BCUT2D eigenvalue weighted by atomic mass is 35.5. The largest absolute Gasteiger partial charge is 0.295 e. The molecule has 118 valence electrons. The van der Waals surface area contributed by atoms with E-state index in [1.807, 2.05) is 12.1 Å². The number of fused-ring (bicyclic) bond motifs is 1. The van der Waals surface area contributed by atoms with Gasteiger partial charge in [-0.1, -0.05) is 61.0 Å². The Balaban J connectivity index is 1.61. The molecule has 0 saturated heterocycles. The van der Waals surface area contributed by atoms with E-state index >= 15 is 0 Å². The molecule has 0 aliphatic heterocycles. The molecule has 0 bridgehead atoms. The molecule has 0 unspecified atom stereocenters. The van der Waals surface area contributed by atoms with E-state index < -0.39 is 0 Å². The highest BCUT2D eigenvalue weighted by Gasteiger charge is 2.34. The maximum absolute atomic E-state index is 12.5. The molecule has 0 amide bonds. The van der Waals surface area contributed by atoms with Crippen molar-refractivity contribution < 1.29 is 4.79 Å². The summed E-state index contributed by atoms with van der Waals surface area (Å²) >= 11 is 11.9. The van der Waals surface area contributed by atoms with Gasteiger partial charge in [0.2, 0.25) is 0 Å². The first-order valence-corrected chi connectivity index (χ1v) is 9.06. The SMILES string of the molecule is O=C(/C=C/c1ccc(Cl)c(Cl)c1)[C@@H]1CC[C@@H]2CCCC[C@@H]2C1. The minimum atomic E-state index is 0.221. The fourth-order valence-electron chi connectivity index (χ4n) is 4.06. The van der Waals surface area contributed by atoms with Crippen LogP contribution in [0.2, 0.25) is 10.0 Å². The number of allylic oxidation sites excluding steroid dienone is 1. The topological polar surface area (TPSA) is 17.1 Å². The molecular formula is C19H22Cl2O. The third-order valence-electron chi connectivity index (χ3n) is 5.33. The molecule has 0 N–H and O–H groups in total. The Morgan fingerprint density at radius 2 is 1.77 bits per heavy atom. The second-order valence-corrected chi connectivity index (χ2v) is 7.54. The van der Waals surface area contributed by atoms with E-state index in [4.69, 9.17) is 23.2 Å². The van der Waals surface area contributed by atoms with Gasteiger partial charge in [0, 0.05) is 5.92 Å². The van der Waals surface area contributed by atoms with E-state index in [2.05, 4.69) is 0 Å². The highest BCUT2D eigenvalue weighted by molar-refractivity contribution is 6.42. The zero-order chi connectivity index (χ0) is 15.5. The van der Waals surface area contributed by atoms with Gasteiger partial charge in [-0.3, -0.25) is 4.79 Å². The van der Waals surface area contributed by atoms with Crippen LogP contribution in [0.5, 0.6) is 0 Å². The molecule has 0 radical (unpaired) electrons. The van der Waals surface area contributed by atoms with Gasteiger partial charge >= 0.3 is 0 Å². The maximum Gasteiger partial charge on any atom is 0.158 e. The molecule has 1 aromatic rings. The van der Waals surface area contributed by atoms with E-state index in [1.54, 1.807) is 18.2 Å². The minimum Gasteiger partial charge on any atom is -0.295 e. The monoisotopic (exact) mass is 336 g/mol. The zero-order valence-corrected chi connectivity index (χ0v) is 14.2. The van der Waals surface area contributed by atoms with Gasteiger partial charge in [0.05, 0.1) is 10.0 Å². The van der Waals surface area contributed by atoms with Crippen LogP contribution in [-0.4, -0.2) is 5.78 Å². The van der Waals surface area contributed by atoms with E-state index in [1.165, 1.54) is 32.1 Å². The van der Waals surface area contributed by atoms with Crippen LogP contribution in [0.3, 0.4) is 0 Å². The summed E-state index contributed by atoms with van der Waals surface area (Å²) in [7, 11) is 0. The van der Waals surface area contributed by atoms with Crippen molar-refractivity contribution in [3.05, 3.63) is 39.9 Å². The Labute approximate surface area is 142 Å². The number of carbonyl (C=O) groups is 1. The number of hydrogen-bond donors (Lipinski definition) is 0. The number of ketones is 1. The summed E-state index contributed by atoms with van der Waals surface area (Å²) in [4.78, 5) is 12.5. The number of halogens is 2. The molecule has 2 aliphatic carbocycles. The first-order valence-electron chi connectivity index (χ1n) is 8.30. The number of carbonyl (C=O) groups excluding carboxylic acids is 1. The van der Waals surface area contributed by atoms with Crippen molar-refractivity contribution in [3.63, 3.8) is 0 Å². The molecule has 1 aromatic carbocycles. The van der Waals surface area contributed by atoms with Crippen LogP contribution in [0.4, 0.5) is 0 Å². The quantitative estimate of drug-likeness (QED) is 0.602. The van der Waals surface area contributed by atoms with Crippen LogP contribution in [0, 0.1) is 17.8 Å². The van der Waals surface area contributed by atoms with Gasteiger partial charge in [-0.05, 0) is 54.9 Å². The third kappa shape index (κ3) is 3.75. The fraction of sp³-hybridized carbons (Fsp3) is 0.526. The molecule has 3 atom stereocenters. The second-order valence-electron chi connectivity index (χ2n) is 6.72. The summed E-state index contributed by atoms with van der Waals surface area (Å²) in [5, 5.41) is 1.07. The second kappa shape index (κ2) is 7.19. The van der Waals surface area contributed by atoms with Crippen molar-refractivity contribution >= 4 is 35.1 Å². The van der Waals surface area contributed by atoms with E-state index in [-0.39, 0.29) is 11.7 Å². The molecule has 3 rings (SSSR count). The summed E-state index contributed by atoms with van der Waals surface area (Å²) in [6.45, 7) is 0. The molecule has 2 aliphatic rings. The molecule has 0 spiro atoms. The normalized spacial score (nSPS) is 28.5. The molecule has 0 aromatic heterocycles. The first-order chi connectivity index (χ1) is 10.6. The van der Waals surface area contributed by atoms with Crippen LogP contribution in [0.1, 0.15) is 50.5 Å². The summed E-state index contributed by atoms with van der Waals surface area (Å²) < 4.78 is 0. The Bertz CT molecular complexity index is 579. The van der Waals surface area contributed by atoms with Gasteiger partial charge in [0.25, 0.3) is 0 Å². The van der Waals surface area contributed by atoms with Crippen molar-refractivity contribution in [1.82, 2.24) is 0 Å². The first kappa shape index (κ1) is 16.1. The number of rotatable bonds is 3. The van der Waals surface area contributed by atoms with Gasteiger partial charge in [-0.25, -0.2) is 0 Å². The zero-order valence-electron chi connectivity index (χ0n) is 12.7. The van der Waals surface area contributed by atoms with E-state index in [0.29, 0.717) is 10.0 Å². The van der Waals surface area contributed by atoms with Crippen LogP contribution in [0.25, 0.3) is 6.08 Å². The molecule has 2 fully saturated rings. The number of benzene rings is 1. The van der Waals surface area contributed by atoms with Crippen molar-refractivity contribution in [2.45, 2.75) is 44.9 Å². The Morgan fingerprint density at radius 1 is 1.00 bits per heavy atom. The predicted molar refractivity (Wildman–Crippen MR) is 93.3 cm³/mol. The van der Waals surface area contributed by atoms with Crippen molar-refractivity contribution in [2.75, 3.05) is 0 Å². The lowest BCUT2D eigenvalue weighted by Crippen LogP contribution is -2.30. The lowest BCUT2D eigenvalue weighted by molar-refractivity contribution is -0.120. The average molecular weight is 337 g/mol. The molecule has 0 heterocycles. The van der Waals surface area contributed by atoms with Crippen LogP contribution >= 0.6 is 23.2 Å². The Morgan fingerprint density at radius 3 is 2.55 bits per heavy atom. The predicted octanol–water partition coefficient (Wildman–Crippen LogP) is 6.18. The van der Waals surface area contributed by atoms with Gasteiger partial charge in [0.15, 0.2) is 5.78 Å². The highest BCUT2D eigenvalue weighted by Crippen LogP contribution is 2.43. The lowest BCUT2D eigenvalue weighted by atomic mass is 9.67. The van der Waals surface area contributed by atoms with Crippen molar-refractivity contribution in [3.8, 4) is 0 Å². The molecule has 3 heteroatoms. The van der Waals surface area contributed by atoms with Gasteiger partial charge < -0.3 is 0 Å². The van der Waals surface area contributed by atoms with Crippen molar-refractivity contribution in [2.24, 2.45) is 17.8 Å². The summed E-state index contributed by atoms with van der Waals surface area (Å²) in [5.74, 6) is 2.17. The molecular weight excluding hydrogens is 315 g/mol. The van der Waals surface area contributed by atoms with Gasteiger partial charge in [0.1, 0.15) is 0 Å². The van der Waals surface area contributed by atoms with Crippen LogP contribution in [-0.2, 0) is 4.79 Å². The average Bonchev–Trinajstić information content (AvgIpc) is 2.55. The standard InChI is InChI=1S/C19H22Cl2O/c20-17-9-5-13(11-18(17)21)6-10-19(22)16-8-7-14-3-1-2-4-15(14)12-16/h5-6,9-11,14-16H,1-4,7-8,12H2/b10-6+/t14-,15+,16+/m0/s1. The Hall–Kier alpha value is -0.790. The third-order valence-corrected chi connectivity index (χ3v) is 6.06. The molecule has 2 saturated carbocycles. The van der Waals surface area contributed by atoms with Gasteiger partial charge in [-0.15, -0.1) is 0 Å². The minimum absolute atomic E-state index is 0.221.